The summed E-state index contributed by atoms with van der Waals surface area (Å²) in [6, 6.07) is 13.2. The van der Waals surface area contributed by atoms with Gasteiger partial charge in [-0.15, -0.1) is 0 Å². The van der Waals surface area contributed by atoms with Crippen molar-refractivity contribution >= 4 is 38.2 Å². The number of carbonyl (C=O) groups is 1. The molecule has 0 bridgehead atoms. The fraction of sp³-hybridized carbons (Fsp3) is 0. The minimum absolute atomic E-state index is 0.0906. The summed E-state index contributed by atoms with van der Waals surface area (Å²) in [5, 5.41) is 12.6. The molecule has 0 aliphatic heterocycles. The van der Waals surface area contributed by atoms with E-state index in [0.29, 0.717) is 5.69 Å². The zero-order valence-electron chi connectivity index (χ0n) is 12.8. The first-order valence-electron chi connectivity index (χ1n) is 7.16. The van der Waals surface area contributed by atoms with E-state index in [2.05, 4.69) is 5.32 Å². The summed E-state index contributed by atoms with van der Waals surface area (Å²) in [5.41, 5.74) is 6.15. The van der Waals surface area contributed by atoms with Crippen LogP contribution in [0.3, 0.4) is 0 Å². The van der Waals surface area contributed by atoms with Gasteiger partial charge in [0, 0.05) is 22.0 Å². The zero-order valence-corrected chi connectivity index (χ0v) is 13.6. The van der Waals surface area contributed by atoms with E-state index in [1.165, 1.54) is 42.5 Å². The second-order valence-electron chi connectivity index (χ2n) is 5.37. The van der Waals surface area contributed by atoms with E-state index in [-0.39, 0.29) is 27.8 Å². The number of phenolic OH excluding ortho intramolecular Hbond substituents is 1. The van der Waals surface area contributed by atoms with Gasteiger partial charge in [-0.25, -0.2) is 0 Å². The van der Waals surface area contributed by atoms with Crippen LogP contribution in [0.1, 0.15) is 10.4 Å². The molecule has 1 amide bonds. The number of amides is 1. The lowest BCUT2D eigenvalue weighted by Crippen LogP contribution is -2.15. The molecule has 0 atom stereocenters. The maximum atomic E-state index is 12.4. The molecule has 3 aromatic rings. The zero-order chi connectivity index (χ0) is 18.2. The Balaban J connectivity index is 2.15. The summed E-state index contributed by atoms with van der Waals surface area (Å²) < 4.78 is 33.3. The van der Waals surface area contributed by atoms with Gasteiger partial charge < -0.3 is 16.2 Å². The fourth-order valence-electron chi connectivity index (χ4n) is 2.56. The highest BCUT2D eigenvalue weighted by Gasteiger charge is 2.22. The summed E-state index contributed by atoms with van der Waals surface area (Å²) >= 11 is 0. The van der Waals surface area contributed by atoms with Gasteiger partial charge in [0.05, 0.1) is 5.69 Å². The fourth-order valence-corrected chi connectivity index (χ4v) is 3.42. The van der Waals surface area contributed by atoms with Crippen molar-refractivity contribution in [2.75, 3.05) is 11.1 Å². The van der Waals surface area contributed by atoms with Crippen LogP contribution in [-0.4, -0.2) is 24.0 Å². The molecule has 0 heterocycles. The van der Waals surface area contributed by atoms with Crippen LogP contribution >= 0.6 is 0 Å². The van der Waals surface area contributed by atoms with E-state index in [0.717, 1.165) is 0 Å². The van der Waals surface area contributed by atoms with E-state index in [1.807, 2.05) is 0 Å². The maximum Gasteiger partial charge on any atom is 0.297 e. The molecular weight excluding hydrogens is 344 g/mol. The summed E-state index contributed by atoms with van der Waals surface area (Å²) in [7, 11) is -4.66. The Morgan fingerprint density at radius 1 is 1.00 bits per heavy atom. The lowest BCUT2D eigenvalue weighted by molar-refractivity contribution is 0.102. The Labute approximate surface area is 143 Å². The minimum Gasteiger partial charge on any atom is -0.507 e. The summed E-state index contributed by atoms with van der Waals surface area (Å²) in [4.78, 5) is 11.9. The highest BCUT2D eigenvalue weighted by Crippen LogP contribution is 2.34. The molecule has 3 rings (SSSR count). The molecule has 5 N–H and O–H groups in total. The minimum atomic E-state index is -4.66. The Bertz CT molecular complexity index is 1090. The van der Waals surface area contributed by atoms with Crippen molar-refractivity contribution in [2.24, 2.45) is 0 Å². The molecule has 0 spiro atoms. The number of carbonyl (C=O) groups excluding carboxylic acids is 1. The molecule has 0 aliphatic rings. The molecule has 0 unspecified atom stereocenters. The van der Waals surface area contributed by atoms with Crippen molar-refractivity contribution in [3.05, 3.63) is 60.2 Å². The lowest BCUT2D eigenvalue weighted by Gasteiger charge is -2.13. The van der Waals surface area contributed by atoms with Crippen LogP contribution in [0.15, 0.2) is 59.5 Å². The predicted molar refractivity (Wildman–Crippen MR) is 94.2 cm³/mol. The van der Waals surface area contributed by atoms with Crippen LogP contribution in [0.2, 0.25) is 0 Å². The van der Waals surface area contributed by atoms with Crippen LogP contribution in [0.25, 0.3) is 10.8 Å². The second-order valence-corrected chi connectivity index (χ2v) is 6.73. The van der Waals surface area contributed by atoms with Gasteiger partial charge in [0.25, 0.3) is 16.0 Å². The monoisotopic (exact) mass is 358 g/mol. The normalized spacial score (nSPS) is 11.4. The van der Waals surface area contributed by atoms with Gasteiger partial charge in [-0.05, 0) is 36.4 Å². The van der Waals surface area contributed by atoms with Crippen LogP contribution in [0.4, 0.5) is 11.4 Å². The molecular formula is C17H14N2O5S. The van der Waals surface area contributed by atoms with Gasteiger partial charge in [0.15, 0.2) is 0 Å². The largest absolute Gasteiger partial charge is 0.507 e. The van der Waals surface area contributed by atoms with Crippen molar-refractivity contribution in [3.8, 4) is 5.75 Å². The average molecular weight is 358 g/mol. The first-order valence-corrected chi connectivity index (χ1v) is 8.60. The van der Waals surface area contributed by atoms with Gasteiger partial charge in [-0.3, -0.25) is 9.35 Å². The van der Waals surface area contributed by atoms with Crippen LogP contribution in [0.5, 0.6) is 5.75 Å². The lowest BCUT2D eigenvalue weighted by atomic mass is 10.1. The highest BCUT2D eigenvalue weighted by atomic mass is 32.2. The second kappa shape index (κ2) is 6.08. The number of hydrogen-bond acceptors (Lipinski definition) is 5. The van der Waals surface area contributed by atoms with E-state index >= 15 is 0 Å². The molecule has 0 saturated carbocycles. The van der Waals surface area contributed by atoms with Crippen molar-refractivity contribution in [1.82, 2.24) is 0 Å². The number of rotatable bonds is 3. The molecule has 25 heavy (non-hydrogen) atoms. The Hall–Kier alpha value is -3.10. The van der Waals surface area contributed by atoms with Crippen LogP contribution in [0, 0.1) is 0 Å². The van der Waals surface area contributed by atoms with E-state index in [1.54, 1.807) is 12.1 Å². The van der Waals surface area contributed by atoms with Crippen molar-refractivity contribution < 1.29 is 22.9 Å². The first-order chi connectivity index (χ1) is 11.8. The average Bonchev–Trinajstić information content (AvgIpc) is 2.53. The predicted octanol–water partition coefficient (Wildman–Crippen LogP) is 2.63. The SMILES string of the molecule is Nc1cccc(C(=O)Nc2ccc3c(O)cccc3c2S(=O)(=O)O)c1. The van der Waals surface area contributed by atoms with Gasteiger partial charge in [0.1, 0.15) is 10.6 Å². The summed E-state index contributed by atoms with van der Waals surface area (Å²) in [6.45, 7) is 0. The molecule has 7 nitrogen and oxygen atoms in total. The van der Waals surface area contributed by atoms with E-state index in [9.17, 15) is 22.9 Å². The maximum absolute atomic E-state index is 12.4. The quantitative estimate of drug-likeness (QED) is 0.421. The van der Waals surface area contributed by atoms with Crippen molar-refractivity contribution in [2.45, 2.75) is 4.90 Å². The highest BCUT2D eigenvalue weighted by molar-refractivity contribution is 7.86. The van der Waals surface area contributed by atoms with Gasteiger partial charge in [0.2, 0.25) is 0 Å². The molecule has 0 saturated heterocycles. The number of anilines is 2. The smallest absolute Gasteiger partial charge is 0.297 e. The Morgan fingerprint density at radius 2 is 1.72 bits per heavy atom. The number of benzene rings is 3. The molecule has 0 aromatic heterocycles. The van der Waals surface area contributed by atoms with Gasteiger partial charge in [-0.1, -0.05) is 18.2 Å². The third-order valence-corrected chi connectivity index (χ3v) is 4.60. The number of nitrogens with two attached hydrogens (primary N) is 1. The topological polar surface area (TPSA) is 130 Å². The van der Waals surface area contributed by atoms with E-state index < -0.39 is 20.9 Å². The molecule has 8 heteroatoms. The van der Waals surface area contributed by atoms with Crippen LogP contribution in [-0.2, 0) is 10.1 Å². The number of phenols is 1. The third kappa shape index (κ3) is 3.25. The molecule has 3 aromatic carbocycles. The molecule has 128 valence electrons. The van der Waals surface area contributed by atoms with Crippen molar-refractivity contribution in [3.63, 3.8) is 0 Å². The Morgan fingerprint density at radius 3 is 2.40 bits per heavy atom. The molecule has 0 fully saturated rings. The number of fused-ring (bicyclic) bond motifs is 1. The number of nitrogen functional groups attached to an aromatic ring is 1. The first kappa shape index (κ1) is 16.7. The number of hydrogen-bond donors (Lipinski definition) is 4. The standard InChI is InChI=1S/C17H14N2O5S/c18-11-4-1-3-10(9-11)17(21)19-14-8-7-12-13(5-2-6-15(12)20)16(14)25(22,23)24/h1-9,20H,18H2,(H,19,21)(H,22,23,24). The summed E-state index contributed by atoms with van der Waals surface area (Å²) in [5.74, 6) is -0.729. The van der Waals surface area contributed by atoms with Gasteiger partial charge in [-0.2, -0.15) is 8.42 Å². The summed E-state index contributed by atoms with van der Waals surface area (Å²) in [6.07, 6.45) is 0. The number of nitrogens with one attached hydrogen (secondary N) is 1. The Kier molecular flexibility index (Phi) is 4.07. The van der Waals surface area contributed by atoms with Crippen molar-refractivity contribution in [1.29, 1.82) is 0 Å². The van der Waals surface area contributed by atoms with E-state index in [4.69, 9.17) is 5.73 Å². The van der Waals surface area contributed by atoms with Gasteiger partial charge >= 0.3 is 0 Å². The molecule has 0 radical (unpaired) electrons. The van der Waals surface area contributed by atoms with Crippen LogP contribution < -0.4 is 11.1 Å². The number of aromatic hydroxyl groups is 1. The third-order valence-electron chi connectivity index (χ3n) is 3.64. The molecule has 0 aliphatic carbocycles.